The molecule has 350 valence electrons. The van der Waals surface area contributed by atoms with Gasteiger partial charge in [0.15, 0.2) is 6.61 Å². The van der Waals surface area contributed by atoms with E-state index in [1.807, 2.05) is 25.1 Å². The molecule has 5 rings (SSSR count). The Morgan fingerprint density at radius 2 is 1.37 bits per heavy atom. The number of carbonyl (C=O) groups is 2. The van der Waals surface area contributed by atoms with E-state index in [0.717, 1.165) is 28.0 Å². The lowest BCUT2D eigenvalue weighted by Gasteiger charge is -2.39. The van der Waals surface area contributed by atoms with Crippen LogP contribution in [0.5, 0.6) is 23.0 Å². The number of fused-ring (bicyclic) bond motifs is 6. The fourth-order valence-corrected chi connectivity index (χ4v) is 6.80. The van der Waals surface area contributed by atoms with Crippen molar-refractivity contribution in [3.05, 3.63) is 58.7 Å². The molecule has 0 spiro atoms. The molecule has 1 amide bonds. The van der Waals surface area contributed by atoms with Crippen LogP contribution in [0.4, 0.5) is 0 Å². The molecule has 0 radical (unpaired) electrons. The van der Waals surface area contributed by atoms with E-state index in [0.29, 0.717) is 134 Å². The van der Waals surface area contributed by atoms with E-state index in [2.05, 4.69) is 17.1 Å². The molecule has 19 heteroatoms. The van der Waals surface area contributed by atoms with Crippen molar-refractivity contribution in [3.63, 3.8) is 0 Å². The molecule has 0 saturated carbocycles. The predicted octanol–water partition coefficient (Wildman–Crippen LogP) is 2.45. The Labute approximate surface area is 367 Å². The highest BCUT2D eigenvalue weighted by atomic mass is 16.6. The Hall–Kier alpha value is -4.57. The molecule has 3 atom stereocenters. The van der Waals surface area contributed by atoms with Gasteiger partial charge in [-0.1, -0.05) is 11.7 Å². The number of aliphatic hydroxyl groups excluding tert-OH is 1. The number of oxime groups is 1. The summed E-state index contributed by atoms with van der Waals surface area (Å²) in [5.41, 5.74) is 4.50. The van der Waals surface area contributed by atoms with Gasteiger partial charge in [0.2, 0.25) is 0 Å². The van der Waals surface area contributed by atoms with Gasteiger partial charge >= 0.3 is 5.97 Å². The molecular formula is C44H62N2O17. The van der Waals surface area contributed by atoms with Gasteiger partial charge in [0.05, 0.1) is 132 Å². The minimum absolute atomic E-state index is 0.0174. The molecule has 0 aromatic heterocycles. The summed E-state index contributed by atoms with van der Waals surface area (Å²) in [5, 5.41) is 25.8. The summed E-state index contributed by atoms with van der Waals surface area (Å²) in [7, 11) is 1.54. The number of carbonyl (C=O) groups excluding carboxylic acids is 1. The lowest BCUT2D eigenvalue weighted by Crippen LogP contribution is -2.43. The minimum atomic E-state index is -0.886. The van der Waals surface area contributed by atoms with Gasteiger partial charge in [0.25, 0.3) is 5.91 Å². The van der Waals surface area contributed by atoms with Crippen molar-refractivity contribution in [1.82, 2.24) is 5.32 Å². The first kappa shape index (κ1) is 49.4. The molecule has 3 aliphatic rings. The molecule has 0 fully saturated rings. The summed E-state index contributed by atoms with van der Waals surface area (Å²) in [5.74, 6) is 0.809. The van der Waals surface area contributed by atoms with Crippen molar-refractivity contribution < 1.29 is 81.5 Å². The van der Waals surface area contributed by atoms with Crippen LogP contribution in [0.3, 0.4) is 0 Å². The average Bonchev–Trinajstić information content (AvgIpc) is 3.73. The number of nitrogens with zero attached hydrogens (tertiary/aromatic N) is 1. The molecule has 0 aliphatic carbocycles. The van der Waals surface area contributed by atoms with E-state index >= 15 is 0 Å². The number of methoxy groups -OCH3 is 1. The van der Waals surface area contributed by atoms with Gasteiger partial charge < -0.3 is 77.2 Å². The highest BCUT2D eigenvalue weighted by Gasteiger charge is 2.45. The van der Waals surface area contributed by atoms with Crippen molar-refractivity contribution in [2.24, 2.45) is 5.16 Å². The first-order chi connectivity index (χ1) is 30.8. The number of aliphatic carboxylic acids is 1. The molecule has 63 heavy (non-hydrogen) atoms. The molecular weight excluding hydrogens is 828 g/mol. The second-order valence-corrected chi connectivity index (χ2v) is 14.5. The molecule has 0 saturated heterocycles. The zero-order chi connectivity index (χ0) is 44.7. The van der Waals surface area contributed by atoms with Gasteiger partial charge in [-0.25, -0.2) is 0 Å². The third-order valence-corrected chi connectivity index (χ3v) is 9.95. The first-order valence-corrected chi connectivity index (χ1v) is 21.2. The number of benzene rings is 2. The number of carboxylic acid groups (broad SMARTS) is 1. The van der Waals surface area contributed by atoms with Crippen LogP contribution in [0, 0.1) is 0 Å². The second-order valence-electron chi connectivity index (χ2n) is 14.5. The normalized spacial score (nSPS) is 17.7. The van der Waals surface area contributed by atoms with Crippen LogP contribution < -0.4 is 24.3 Å². The van der Waals surface area contributed by atoms with Gasteiger partial charge in [-0.2, -0.15) is 0 Å². The Morgan fingerprint density at radius 3 is 1.90 bits per heavy atom. The number of amides is 1. The summed E-state index contributed by atoms with van der Waals surface area (Å²) in [6.07, 6.45) is -0.0390. The van der Waals surface area contributed by atoms with Crippen LogP contribution in [0.25, 0.3) is 0 Å². The highest BCUT2D eigenvalue weighted by molar-refractivity contribution is 6.09. The fraction of sp³-hybridized carbons (Fsp3) is 0.614. The van der Waals surface area contributed by atoms with Crippen molar-refractivity contribution in [2.75, 3.05) is 133 Å². The molecule has 2 aromatic carbocycles. The summed E-state index contributed by atoms with van der Waals surface area (Å²) in [6, 6.07) is 7.38. The number of carboxylic acids is 1. The third kappa shape index (κ3) is 15.9. The smallest absolute Gasteiger partial charge is 0.305 e. The SMILES string of the molecule is C=C(C)[C@H]1Cc2c(ccc3c2O[C@@H]2COc4cc(CO)c(OC)cc4[C@@H]2/C3=N/OCC(=O)NCCOCCOCCOCCOCCOCCOCCOCCOCCC(=O)O)O1. The van der Waals surface area contributed by atoms with E-state index in [1.165, 1.54) is 0 Å². The lowest BCUT2D eigenvalue weighted by molar-refractivity contribution is -0.138. The zero-order valence-corrected chi connectivity index (χ0v) is 36.3. The number of hydrogen-bond donors (Lipinski definition) is 3. The van der Waals surface area contributed by atoms with Crippen molar-refractivity contribution >= 4 is 17.6 Å². The third-order valence-electron chi connectivity index (χ3n) is 9.95. The molecule has 2 aromatic rings. The van der Waals surface area contributed by atoms with Crippen molar-refractivity contribution in [3.8, 4) is 23.0 Å². The summed E-state index contributed by atoms with van der Waals surface area (Å²) in [6.45, 7) is 12.3. The first-order valence-electron chi connectivity index (χ1n) is 21.2. The van der Waals surface area contributed by atoms with Crippen LogP contribution in [0.15, 0.2) is 41.6 Å². The van der Waals surface area contributed by atoms with Crippen LogP contribution in [0.1, 0.15) is 41.5 Å². The number of hydrogen-bond acceptors (Lipinski definition) is 17. The maximum absolute atomic E-state index is 12.7. The van der Waals surface area contributed by atoms with E-state index in [9.17, 15) is 14.7 Å². The zero-order valence-electron chi connectivity index (χ0n) is 36.3. The van der Waals surface area contributed by atoms with Crippen LogP contribution >= 0.6 is 0 Å². The summed E-state index contributed by atoms with van der Waals surface area (Å²) >= 11 is 0. The van der Waals surface area contributed by atoms with Gasteiger partial charge in [-0.05, 0) is 36.8 Å². The molecule has 3 heterocycles. The minimum Gasteiger partial charge on any atom is -0.496 e. The maximum atomic E-state index is 12.7. The standard InChI is InChI=1S/C44H62N2O17/c1-30(2)36-26-34-35(62-36)5-4-32-43(42-33-25-37(51-3)31(27-47)24-38(33)60-28-39(42)63-44(32)34)46-61-29-40(48)45-7-9-53-11-13-55-15-17-57-19-21-59-23-22-58-20-18-56-16-14-54-12-10-52-8-6-41(49)50/h4-5,24-25,36,39,42,47H,1,6-23,26-29H2,2-3H3,(H,45,48)(H,49,50)/b46-43+/t36-,39-,42+/m1/s1. The Balaban J connectivity index is 0.898. The maximum Gasteiger partial charge on any atom is 0.305 e. The average molecular weight is 891 g/mol. The van der Waals surface area contributed by atoms with Gasteiger partial charge in [-0.15, -0.1) is 0 Å². The largest absolute Gasteiger partial charge is 0.496 e. The molecule has 0 unspecified atom stereocenters. The predicted molar refractivity (Wildman–Crippen MR) is 225 cm³/mol. The molecule has 3 aliphatic heterocycles. The number of aliphatic hydroxyl groups is 1. The Morgan fingerprint density at radius 1 is 0.794 bits per heavy atom. The monoisotopic (exact) mass is 890 g/mol. The topological polar surface area (TPSA) is 219 Å². The van der Waals surface area contributed by atoms with Crippen LogP contribution in [-0.2, 0) is 65.3 Å². The molecule has 3 N–H and O–H groups in total. The van der Waals surface area contributed by atoms with Gasteiger partial charge in [-0.3, -0.25) is 9.59 Å². The van der Waals surface area contributed by atoms with E-state index in [1.54, 1.807) is 13.2 Å². The fourth-order valence-electron chi connectivity index (χ4n) is 6.80. The Bertz CT molecular complexity index is 1770. The van der Waals surface area contributed by atoms with E-state index in [4.69, 9.17) is 66.8 Å². The van der Waals surface area contributed by atoms with E-state index in [-0.39, 0.29) is 51.4 Å². The molecule has 0 bridgehead atoms. The Kier molecular flexibility index (Phi) is 21.6. The molecule has 19 nitrogen and oxygen atoms in total. The van der Waals surface area contributed by atoms with Crippen LogP contribution in [0.2, 0.25) is 0 Å². The van der Waals surface area contributed by atoms with Crippen molar-refractivity contribution in [1.29, 1.82) is 0 Å². The summed E-state index contributed by atoms with van der Waals surface area (Å²) in [4.78, 5) is 28.8. The number of ether oxygens (including phenoxy) is 12. The van der Waals surface area contributed by atoms with Crippen LogP contribution in [-0.4, -0.2) is 173 Å². The van der Waals surface area contributed by atoms with Gasteiger partial charge in [0, 0.05) is 35.2 Å². The van der Waals surface area contributed by atoms with E-state index < -0.39 is 18.0 Å². The second kappa shape index (κ2) is 27.6. The number of nitrogens with one attached hydrogen (secondary N) is 1. The quantitative estimate of drug-likeness (QED) is 0.0533. The highest BCUT2D eigenvalue weighted by Crippen LogP contribution is 2.49. The number of rotatable bonds is 33. The summed E-state index contributed by atoms with van der Waals surface area (Å²) < 4.78 is 67.9. The van der Waals surface area contributed by atoms with Crippen molar-refractivity contribution in [2.45, 2.75) is 44.5 Å². The van der Waals surface area contributed by atoms with Gasteiger partial charge in [0.1, 0.15) is 47.5 Å². The lowest BCUT2D eigenvalue weighted by atomic mass is 9.80.